The van der Waals surface area contributed by atoms with Crippen molar-refractivity contribution in [3.05, 3.63) is 71.3 Å². The molecule has 0 aliphatic heterocycles. The van der Waals surface area contributed by atoms with Gasteiger partial charge in [-0.3, -0.25) is 9.78 Å². The van der Waals surface area contributed by atoms with Gasteiger partial charge in [0.05, 0.1) is 5.69 Å². The van der Waals surface area contributed by atoms with Gasteiger partial charge in [-0.1, -0.05) is 36.4 Å². The van der Waals surface area contributed by atoms with E-state index in [1.165, 1.54) is 10.7 Å². The number of aromatic nitrogens is 4. The monoisotopic (exact) mass is 304 g/mol. The average Bonchev–Trinajstić information content (AvgIpc) is 3.01. The number of hydrogen-bond acceptors (Lipinski definition) is 4. The molecule has 1 aromatic carbocycles. The standard InChI is InChI=1S/C17H12N4O2/c22-16-15(12-7-4-8-18-10-12)17(23)21-14(19-16)9-13(20-21)11-5-2-1-3-6-11/h1-10,23H,(H,19,22). The molecular formula is C17H12N4O2. The summed E-state index contributed by atoms with van der Waals surface area (Å²) in [5.41, 5.74) is 2.29. The summed E-state index contributed by atoms with van der Waals surface area (Å²) in [5, 5.41) is 14.9. The molecule has 0 spiro atoms. The minimum atomic E-state index is -0.387. The van der Waals surface area contributed by atoms with Gasteiger partial charge >= 0.3 is 0 Å². The number of aromatic hydroxyl groups is 1. The Morgan fingerprint density at radius 3 is 2.57 bits per heavy atom. The van der Waals surface area contributed by atoms with Crippen LogP contribution in [0.5, 0.6) is 5.88 Å². The van der Waals surface area contributed by atoms with Crippen LogP contribution in [0.1, 0.15) is 0 Å². The molecule has 0 aliphatic carbocycles. The van der Waals surface area contributed by atoms with Gasteiger partial charge < -0.3 is 10.1 Å². The largest absolute Gasteiger partial charge is 0.493 e. The van der Waals surface area contributed by atoms with Gasteiger partial charge in [0.15, 0.2) is 0 Å². The second-order valence-corrected chi connectivity index (χ2v) is 5.09. The van der Waals surface area contributed by atoms with Gasteiger partial charge in [0.1, 0.15) is 11.2 Å². The molecule has 0 saturated carbocycles. The second-order valence-electron chi connectivity index (χ2n) is 5.09. The summed E-state index contributed by atoms with van der Waals surface area (Å²) < 4.78 is 1.33. The van der Waals surface area contributed by atoms with Gasteiger partial charge in [0.2, 0.25) is 5.88 Å². The molecule has 23 heavy (non-hydrogen) atoms. The smallest absolute Gasteiger partial charge is 0.262 e. The summed E-state index contributed by atoms with van der Waals surface area (Å²) in [6.07, 6.45) is 3.13. The van der Waals surface area contributed by atoms with Gasteiger partial charge in [-0.05, 0) is 6.07 Å². The zero-order valence-electron chi connectivity index (χ0n) is 12.0. The van der Waals surface area contributed by atoms with Crippen LogP contribution in [0.25, 0.3) is 28.0 Å². The van der Waals surface area contributed by atoms with Gasteiger partial charge in [0, 0.05) is 29.6 Å². The van der Waals surface area contributed by atoms with Crippen LogP contribution in [0.2, 0.25) is 0 Å². The molecule has 112 valence electrons. The van der Waals surface area contributed by atoms with E-state index in [2.05, 4.69) is 15.1 Å². The molecular weight excluding hydrogens is 292 g/mol. The first-order chi connectivity index (χ1) is 11.2. The predicted octanol–water partition coefficient (Wildman–Crippen LogP) is 2.46. The van der Waals surface area contributed by atoms with E-state index in [9.17, 15) is 9.90 Å². The first-order valence-corrected chi connectivity index (χ1v) is 7.05. The third-order valence-electron chi connectivity index (χ3n) is 3.62. The fourth-order valence-corrected chi connectivity index (χ4v) is 2.54. The number of rotatable bonds is 2. The fraction of sp³-hybridized carbons (Fsp3) is 0. The Morgan fingerprint density at radius 1 is 1.04 bits per heavy atom. The van der Waals surface area contributed by atoms with E-state index in [0.29, 0.717) is 16.9 Å². The Balaban J connectivity index is 1.97. The van der Waals surface area contributed by atoms with Gasteiger partial charge in [0.25, 0.3) is 5.56 Å². The summed E-state index contributed by atoms with van der Waals surface area (Å²) in [7, 11) is 0. The topological polar surface area (TPSA) is 83.3 Å². The summed E-state index contributed by atoms with van der Waals surface area (Å²) in [4.78, 5) is 19.0. The number of pyridine rings is 1. The van der Waals surface area contributed by atoms with Gasteiger partial charge in [-0.25, -0.2) is 0 Å². The molecule has 2 N–H and O–H groups in total. The van der Waals surface area contributed by atoms with Crippen LogP contribution in [0.4, 0.5) is 0 Å². The predicted molar refractivity (Wildman–Crippen MR) is 86.1 cm³/mol. The molecule has 0 unspecified atom stereocenters. The maximum Gasteiger partial charge on any atom is 0.262 e. The van der Waals surface area contributed by atoms with Crippen molar-refractivity contribution in [1.82, 2.24) is 19.6 Å². The zero-order chi connectivity index (χ0) is 15.8. The Morgan fingerprint density at radius 2 is 1.83 bits per heavy atom. The SMILES string of the molecule is O=c1[nH]c2cc(-c3ccccc3)nn2c(O)c1-c1cccnc1. The van der Waals surface area contributed by atoms with Crippen LogP contribution in [0.3, 0.4) is 0 Å². The molecule has 0 saturated heterocycles. The highest BCUT2D eigenvalue weighted by atomic mass is 16.3. The molecule has 0 bridgehead atoms. The third-order valence-corrected chi connectivity index (χ3v) is 3.62. The minimum absolute atomic E-state index is 0.147. The lowest BCUT2D eigenvalue weighted by Gasteiger charge is -2.04. The van der Waals surface area contributed by atoms with E-state index in [1.54, 1.807) is 24.4 Å². The molecule has 0 fully saturated rings. The molecule has 0 radical (unpaired) electrons. The van der Waals surface area contributed by atoms with E-state index in [0.717, 1.165) is 5.56 Å². The van der Waals surface area contributed by atoms with Crippen molar-refractivity contribution < 1.29 is 5.11 Å². The Bertz CT molecular complexity index is 1040. The van der Waals surface area contributed by atoms with Crippen molar-refractivity contribution in [1.29, 1.82) is 0 Å². The van der Waals surface area contributed by atoms with Crippen LogP contribution in [-0.2, 0) is 0 Å². The lowest BCUT2D eigenvalue weighted by molar-refractivity contribution is 0.437. The van der Waals surface area contributed by atoms with Crippen LogP contribution in [0, 0.1) is 0 Å². The number of aromatic amines is 1. The van der Waals surface area contributed by atoms with Crippen molar-refractivity contribution in [3.8, 4) is 28.3 Å². The zero-order valence-corrected chi connectivity index (χ0v) is 12.0. The molecule has 3 heterocycles. The Kier molecular flexibility index (Phi) is 2.94. The summed E-state index contributed by atoms with van der Waals surface area (Å²) in [6.45, 7) is 0. The van der Waals surface area contributed by atoms with E-state index in [4.69, 9.17) is 0 Å². The highest BCUT2D eigenvalue weighted by Gasteiger charge is 2.16. The first-order valence-electron chi connectivity index (χ1n) is 7.05. The number of H-pyrrole nitrogens is 1. The van der Waals surface area contributed by atoms with E-state index in [1.807, 2.05) is 30.3 Å². The summed E-state index contributed by atoms with van der Waals surface area (Å²) in [5.74, 6) is -0.209. The molecule has 0 atom stereocenters. The Hall–Kier alpha value is -3.41. The van der Waals surface area contributed by atoms with E-state index in [-0.39, 0.29) is 17.0 Å². The number of hydrogen-bond donors (Lipinski definition) is 2. The lowest BCUT2D eigenvalue weighted by Crippen LogP contribution is -2.12. The number of fused-ring (bicyclic) bond motifs is 1. The summed E-state index contributed by atoms with van der Waals surface area (Å²) >= 11 is 0. The fourth-order valence-electron chi connectivity index (χ4n) is 2.54. The first kappa shape index (κ1) is 13.3. The number of nitrogens with one attached hydrogen (secondary N) is 1. The van der Waals surface area contributed by atoms with Crippen molar-refractivity contribution in [3.63, 3.8) is 0 Å². The molecule has 3 aromatic heterocycles. The lowest BCUT2D eigenvalue weighted by atomic mass is 10.1. The van der Waals surface area contributed by atoms with Crippen LogP contribution >= 0.6 is 0 Å². The van der Waals surface area contributed by atoms with E-state index >= 15 is 0 Å². The highest BCUT2D eigenvalue weighted by Crippen LogP contribution is 2.27. The number of benzene rings is 1. The van der Waals surface area contributed by atoms with Crippen molar-refractivity contribution in [2.24, 2.45) is 0 Å². The van der Waals surface area contributed by atoms with Crippen molar-refractivity contribution in [2.45, 2.75) is 0 Å². The Labute approximate surface area is 130 Å². The molecule has 6 nitrogen and oxygen atoms in total. The quantitative estimate of drug-likeness (QED) is 0.596. The minimum Gasteiger partial charge on any atom is -0.493 e. The highest BCUT2D eigenvalue weighted by molar-refractivity contribution is 5.70. The molecule has 4 rings (SSSR count). The van der Waals surface area contributed by atoms with Gasteiger partial charge in [-0.2, -0.15) is 9.61 Å². The molecule has 0 aliphatic rings. The van der Waals surface area contributed by atoms with Crippen LogP contribution in [0.15, 0.2) is 65.7 Å². The van der Waals surface area contributed by atoms with E-state index < -0.39 is 0 Å². The summed E-state index contributed by atoms with van der Waals surface area (Å²) in [6, 6.07) is 14.7. The average molecular weight is 304 g/mol. The van der Waals surface area contributed by atoms with Gasteiger partial charge in [-0.15, -0.1) is 0 Å². The normalized spacial score (nSPS) is 11.0. The second kappa shape index (κ2) is 5.10. The van der Waals surface area contributed by atoms with Crippen LogP contribution in [-0.4, -0.2) is 24.7 Å². The molecule has 0 amide bonds. The molecule has 4 aromatic rings. The number of nitrogens with zero attached hydrogens (tertiary/aromatic N) is 3. The third kappa shape index (κ3) is 2.17. The van der Waals surface area contributed by atoms with Crippen molar-refractivity contribution >= 4 is 5.65 Å². The maximum absolute atomic E-state index is 12.3. The van der Waals surface area contributed by atoms with Crippen LogP contribution < -0.4 is 5.56 Å². The van der Waals surface area contributed by atoms with Crippen molar-refractivity contribution in [2.75, 3.05) is 0 Å². The maximum atomic E-state index is 12.3. The molecule has 6 heteroatoms.